The second-order valence-corrected chi connectivity index (χ2v) is 5.70. The third-order valence-electron chi connectivity index (χ3n) is 4.36. The van der Waals surface area contributed by atoms with Crippen molar-refractivity contribution in [2.45, 2.75) is 25.3 Å². The number of ether oxygens (including phenoxy) is 1. The van der Waals surface area contributed by atoms with Gasteiger partial charge in [-0.25, -0.2) is 4.79 Å². The lowest BCUT2D eigenvalue weighted by Gasteiger charge is -2.33. The summed E-state index contributed by atoms with van der Waals surface area (Å²) >= 11 is 0. The zero-order valence-electron chi connectivity index (χ0n) is 12.9. The van der Waals surface area contributed by atoms with Gasteiger partial charge in [0.25, 0.3) is 5.91 Å². The molecule has 1 saturated heterocycles. The number of fused-ring (bicyclic) bond motifs is 1. The molecule has 2 aromatic rings. The Kier molecular flexibility index (Phi) is 3.88. The van der Waals surface area contributed by atoms with Crippen molar-refractivity contribution < 1.29 is 14.3 Å². The van der Waals surface area contributed by atoms with E-state index in [1.54, 1.807) is 4.90 Å². The van der Waals surface area contributed by atoms with Gasteiger partial charge in [0, 0.05) is 30.7 Å². The van der Waals surface area contributed by atoms with Crippen LogP contribution in [0.3, 0.4) is 0 Å². The second kappa shape index (κ2) is 5.83. The summed E-state index contributed by atoms with van der Waals surface area (Å²) in [6, 6.07) is 7.34. The molecule has 0 unspecified atom stereocenters. The number of piperidine rings is 1. The highest BCUT2D eigenvalue weighted by atomic mass is 16.5. The number of aryl methyl sites for hydroxylation is 1. The molecule has 3 rings (SSSR count). The fourth-order valence-corrected chi connectivity index (χ4v) is 3.22. The lowest BCUT2D eigenvalue weighted by molar-refractivity contribution is -0.147. The molecule has 1 amide bonds. The number of para-hydroxylation sites is 1. The average molecular weight is 300 g/mol. The molecule has 116 valence electrons. The van der Waals surface area contributed by atoms with Crippen LogP contribution in [0.2, 0.25) is 0 Å². The van der Waals surface area contributed by atoms with E-state index in [1.807, 2.05) is 42.1 Å². The Morgan fingerprint density at radius 2 is 2.00 bits per heavy atom. The number of rotatable bonds is 2. The molecule has 2 heterocycles. The monoisotopic (exact) mass is 300 g/mol. The second-order valence-electron chi connectivity index (χ2n) is 5.70. The molecule has 1 aliphatic rings. The highest BCUT2D eigenvalue weighted by molar-refractivity contribution is 6.08. The van der Waals surface area contributed by atoms with E-state index < -0.39 is 6.04 Å². The first-order valence-electron chi connectivity index (χ1n) is 7.56. The maximum atomic E-state index is 13.0. The largest absolute Gasteiger partial charge is 0.467 e. The maximum Gasteiger partial charge on any atom is 0.328 e. The molecule has 0 N–H and O–H groups in total. The standard InChI is InChI=1S/C17H20N2O3/c1-18-11-13(12-7-3-4-8-14(12)18)16(20)19-10-6-5-9-15(19)17(21)22-2/h3-4,7-8,11,15H,5-6,9-10H2,1-2H3/t15-/m0/s1. The van der Waals surface area contributed by atoms with Crippen LogP contribution in [0.25, 0.3) is 10.9 Å². The van der Waals surface area contributed by atoms with Gasteiger partial charge in [-0.15, -0.1) is 0 Å². The maximum absolute atomic E-state index is 13.0. The molecular formula is C17H20N2O3. The van der Waals surface area contributed by atoms with Gasteiger partial charge in [-0.2, -0.15) is 0 Å². The molecular weight excluding hydrogens is 280 g/mol. The lowest BCUT2D eigenvalue weighted by atomic mass is 10.0. The fraction of sp³-hybridized carbons (Fsp3) is 0.412. The van der Waals surface area contributed by atoms with Gasteiger partial charge in [-0.05, 0) is 25.3 Å². The van der Waals surface area contributed by atoms with Crippen molar-refractivity contribution in [3.63, 3.8) is 0 Å². The summed E-state index contributed by atoms with van der Waals surface area (Å²) in [6.45, 7) is 0.599. The van der Waals surface area contributed by atoms with Gasteiger partial charge in [0.1, 0.15) is 6.04 Å². The molecule has 22 heavy (non-hydrogen) atoms. The normalized spacial score (nSPS) is 18.5. The molecule has 1 atom stereocenters. The van der Waals surface area contributed by atoms with Crippen molar-refractivity contribution in [1.29, 1.82) is 0 Å². The van der Waals surface area contributed by atoms with E-state index >= 15 is 0 Å². The number of amides is 1. The summed E-state index contributed by atoms with van der Waals surface area (Å²) in [5, 5.41) is 0.921. The van der Waals surface area contributed by atoms with Gasteiger partial charge in [-0.1, -0.05) is 18.2 Å². The topological polar surface area (TPSA) is 51.5 Å². The number of esters is 1. The van der Waals surface area contributed by atoms with E-state index in [9.17, 15) is 9.59 Å². The molecule has 0 saturated carbocycles. The van der Waals surface area contributed by atoms with E-state index in [-0.39, 0.29) is 11.9 Å². The van der Waals surface area contributed by atoms with Crippen LogP contribution in [0.4, 0.5) is 0 Å². The first-order valence-corrected chi connectivity index (χ1v) is 7.56. The minimum atomic E-state index is -0.467. The van der Waals surface area contributed by atoms with Gasteiger partial charge in [0.2, 0.25) is 0 Å². The molecule has 0 aliphatic carbocycles. The van der Waals surface area contributed by atoms with Crippen LogP contribution in [-0.4, -0.2) is 41.0 Å². The summed E-state index contributed by atoms with van der Waals surface area (Å²) < 4.78 is 6.80. The highest BCUT2D eigenvalue weighted by Gasteiger charge is 2.34. The summed E-state index contributed by atoms with van der Waals surface area (Å²) in [6.07, 6.45) is 4.38. The predicted molar refractivity (Wildman–Crippen MR) is 83.6 cm³/mol. The summed E-state index contributed by atoms with van der Waals surface area (Å²) in [4.78, 5) is 26.6. The van der Waals surface area contributed by atoms with Crippen LogP contribution >= 0.6 is 0 Å². The Balaban J connectivity index is 1.99. The number of aromatic nitrogens is 1. The zero-order valence-corrected chi connectivity index (χ0v) is 12.9. The number of likely N-dealkylation sites (tertiary alicyclic amines) is 1. The predicted octanol–water partition coefficient (Wildman–Crippen LogP) is 2.35. The third-order valence-corrected chi connectivity index (χ3v) is 4.36. The van der Waals surface area contributed by atoms with E-state index in [0.29, 0.717) is 18.5 Å². The minimum absolute atomic E-state index is 0.0908. The zero-order chi connectivity index (χ0) is 15.7. The molecule has 0 radical (unpaired) electrons. The highest BCUT2D eigenvalue weighted by Crippen LogP contribution is 2.25. The van der Waals surface area contributed by atoms with Gasteiger partial charge in [0.05, 0.1) is 12.7 Å². The van der Waals surface area contributed by atoms with Crippen LogP contribution in [0.1, 0.15) is 29.6 Å². The first-order chi connectivity index (χ1) is 10.6. The van der Waals surface area contributed by atoms with Crippen LogP contribution in [-0.2, 0) is 16.6 Å². The molecule has 1 fully saturated rings. The molecule has 0 spiro atoms. The Bertz CT molecular complexity index is 720. The Hall–Kier alpha value is -2.30. The van der Waals surface area contributed by atoms with Crippen molar-refractivity contribution in [1.82, 2.24) is 9.47 Å². The number of carbonyl (C=O) groups is 2. The van der Waals surface area contributed by atoms with E-state index in [2.05, 4.69) is 0 Å². The third kappa shape index (κ3) is 2.36. The minimum Gasteiger partial charge on any atom is -0.467 e. The molecule has 5 heteroatoms. The van der Waals surface area contributed by atoms with E-state index in [0.717, 1.165) is 23.7 Å². The Morgan fingerprint density at radius 3 is 2.77 bits per heavy atom. The first kappa shape index (κ1) is 14.6. The van der Waals surface area contributed by atoms with E-state index in [1.165, 1.54) is 7.11 Å². The average Bonchev–Trinajstić information content (AvgIpc) is 2.91. The molecule has 5 nitrogen and oxygen atoms in total. The van der Waals surface area contributed by atoms with Gasteiger partial charge in [-0.3, -0.25) is 4.79 Å². The van der Waals surface area contributed by atoms with Crippen molar-refractivity contribution >= 4 is 22.8 Å². The van der Waals surface area contributed by atoms with Crippen molar-refractivity contribution in [2.24, 2.45) is 7.05 Å². The van der Waals surface area contributed by atoms with Crippen LogP contribution in [0, 0.1) is 0 Å². The van der Waals surface area contributed by atoms with Crippen LogP contribution in [0.5, 0.6) is 0 Å². The summed E-state index contributed by atoms with van der Waals surface area (Å²) in [5.74, 6) is -0.416. The van der Waals surface area contributed by atoms with Gasteiger partial charge < -0.3 is 14.2 Å². The van der Waals surface area contributed by atoms with Crippen LogP contribution in [0.15, 0.2) is 30.5 Å². The molecule has 1 aromatic carbocycles. The van der Waals surface area contributed by atoms with Crippen molar-refractivity contribution in [3.05, 3.63) is 36.0 Å². The fourth-order valence-electron chi connectivity index (χ4n) is 3.22. The van der Waals surface area contributed by atoms with Gasteiger partial charge in [0.15, 0.2) is 0 Å². The number of methoxy groups -OCH3 is 1. The van der Waals surface area contributed by atoms with Crippen molar-refractivity contribution in [3.8, 4) is 0 Å². The van der Waals surface area contributed by atoms with E-state index in [4.69, 9.17) is 4.74 Å². The summed E-state index contributed by atoms with van der Waals surface area (Å²) in [7, 11) is 3.30. The summed E-state index contributed by atoms with van der Waals surface area (Å²) in [5.41, 5.74) is 1.66. The number of benzene rings is 1. The SMILES string of the molecule is COC(=O)[C@@H]1CCCCN1C(=O)c1cn(C)c2ccccc12. The van der Waals surface area contributed by atoms with Crippen LogP contribution < -0.4 is 0 Å². The smallest absolute Gasteiger partial charge is 0.328 e. The molecule has 0 bridgehead atoms. The number of nitrogens with zero attached hydrogens (tertiary/aromatic N) is 2. The molecule has 1 aromatic heterocycles. The Morgan fingerprint density at radius 1 is 1.23 bits per heavy atom. The number of hydrogen-bond acceptors (Lipinski definition) is 3. The number of hydrogen-bond donors (Lipinski definition) is 0. The lowest BCUT2D eigenvalue weighted by Crippen LogP contribution is -2.48. The van der Waals surface area contributed by atoms with Crippen molar-refractivity contribution in [2.75, 3.05) is 13.7 Å². The Labute approximate surface area is 129 Å². The number of carbonyl (C=O) groups excluding carboxylic acids is 2. The quantitative estimate of drug-likeness (QED) is 0.800. The van der Waals surface area contributed by atoms with Gasteiger partial charge >= 0.3 is 5.97 Å². The molecule has 1 aliphatic heterocycles.